The summed E-state index contributed by atoms with van der Waals surface area (Å²) >= 11 is 0. The second kappa shape index (κ2) is 6.48. The van der Waals surface area contributed by atoms with Crippen molar-refractivity contribution in [1.82, 2.24) is 0 Å². The second-order valence-corrected chi connectivity index (χ2v) is 14.4. The molecule has 2 nitrogen and oxygen atoms in total. The molecule has 184 valence electrons. The number of rotatable bonds is 2. The molecule has 2 aromatic rings. The summed E-state index contributed by atoms with van der Waals surface area (Å²) in [5.41, 5.74) is 0.746. The number of allylic oxidation sites excluding steroid dienone is 2. The largest absolute Gasteiger partial charge is 0.458 e. The molecule has 2 aromatic carbocycles. The van der Waals surface area contributed by atoms with Gasteiger partial charge in [0.25, 0.3) is 0 Å². The first-order chi connectivity index (χ1) is 17.7. The first kappa shape index (κ1) is 19.9. The Labute approximate surface area is 213 Å². The fraction of sp³-hybridized carbons (Fsp3) is 0.618. The predicted octanol–water partition coefficient (Wildman–Crippen LogP) is 6.85. The molecule has 0 heterocycles. The third kappa shape index (κ3) is 2.12. The van der Waals surface area contributed by atoms with Crippen LogP contribution in [0.15, 0.2) is 54.6 Å². The van der Waals surface area contributed by atoms with Crippen molar-refractivity contribution < 1.29 is 9.53 Å². The van der Waals surface area contributed by atoms with Gasteiger partial charge in [0.15, 0.2) is 0 Å². The van der Waals surface area contributed by atoms with E-state index in [-0.39, 0.29) is 12.1 Å². The van der Waals surface area contributed by atoms with Gasteiger partial charge in [-0.2, -0.15) is 0 Å². The summed E-state index contributed by atoms with van der Waals surface area (Å²) in [6.07, 6.45) is 11.2. The van der Waals surface area contributed by atoms with Crippen molar-refractivity contribution >= 4 is 16.7 Å². The van der Waals surface area contributed by atoms with Gasteiger partial charge in [-0.15, -0.1) is 0 Å². The van der Waals surface area contributed by atoms with E-state index in [9.17, 15) is 4.79 Å². The first-order valence-electron chi connectivity index (χ1n) is 15.1. The molecule has 0 aliphatic heterocycles. The maximum absolute atomic E-state index is 13.5. The molecular weight excluding hydrogens is 440 g/mol. The number of benzene rings is 2. The van der Waals surface area contributed by atoms with Gasteiger partial charge in [-0.1, -0.05) is 55.5 Å². The van der Waals surface area contributed by atoms with Crippen molar-refractivity contribution in [3.63, 3.8) is 0 Å². The maximum Gasteiger partial charge on any atom is 0.339 e. The molecule has 8 aliphatic carbocycles. The highest BCUT2D eigenvalue weighted by Crippen LogP contribution is 2.81. The average molecular weight is 477 g/mol. The summed E-state index contributed by atoms with van der Waals surface area (Å²) in [4.78, 5) is 13.5. The zero-order valence-electron chi connectivity index (χ0n) is 21.1. The maximum atomic E-state index is 13.5. The van der Waals surface area contributed by atoms with E-state index in [4.69, 9.17) is 4.74 Å². The lowest BCUT2D eigenvalue weighted by Gasteiger charge is -2.51. The monoisotopic (exact) mass is 476 g/mol. The number of carbonyl (C=O) groups is 1. The molecule has 36 heavy (non-hydrogen) atoms. The Bertz CT molecular complexity index is 1340. The predicted molar refractivity (Wildman–Crippen MR) is 139 cm³/mol. The number of hydrogen-bond donors (Lipinski definition) is 0. The summed E-state index contributed by atoms with van der Waals surface area (Å²) in [6, 6.07) is 14.3. The molecule has 0 N–H and O–H groups in total. The molecular formula is C34H36O2. The van der Waals surface area contributed by atoms with Crippen LogP contribution in [-0.4, -0.2) is 12.1 Å². The summed E-state index contributed by atoms with van der Waals surface area (Å²) < 4.78 is 6.50. The molecule has 2 heteroatoms. The van der Waals surface area contributed by atoms with E-state index in [0.717, 1.165) is 93.3 Å². The van der Waals surface area contributed by atoms with Gasteiger partial charge in [0.1, 0.15) is 6.10 Å². The molecule has 10 rings (SSSR count). The number of fused-ring (bicyclic) bond motifs is 24. The zero-order valence-corrected chi connectivity index (χ0v) is 21.1. The Kier molecular flexibility index (Phi) is 3.59. The Morgan fingerprint density at radius 1 is 0.667 bits per heavy atom. The van der Waals surface area contributed by atoms with Crippen molar-refractivity contribution in [2.75, 3.05) is 0 Å². The van der Waals surface area contributed by atoms with E-state index < -0.39 is 0 Å². The number of esters is 1. The summed E-state index contributed by atoms with van der Waals surface area (Å²) in [5.74, 6) is 13.6. The third-order valence-electron chi connectivity index (χ3n) is 13.9. The fourth-order valence-corrected chi connectivity index (χ4v) is 13.5. The second-order valence-electron chi connectivity index (χ2n) is 14.4. The number of hydrogen-bond acceptors (Lipinski definition) is 2. The van der Waals surface area contributed by atoms with Crippen LogP contribution in [0, 0.1) is 88.8 Å². The molecule has 0 spiro atoms. The van der Waals surface area contributed by atoms with Crippen LogP contribution in [-0.2, 0) is 4.74 Å². The molecule has 0 saturated heterocycles. The minimum absolute atomic E-state index is 0.0923. The van der Waals surface area contributed by atoms with Crippen molar-refractivity contribution in [1.29, 1.82) is 0 Å². The number of carbonyl (C=O) groups excluding carboxylic acids is 1. The Morgan fingerprint density at radius 3 is 2.00 bits per heavy atom. The summed E-state index contributed by atoms with van der Waals surface area (Å²) in [6.45, 7) is 2.42. The van der Waals surface area contributed by atoms with Crippen LogP contribution in [0.2, 0.25) is 0 Å². The highest BCUT2D eigenvalue weighted by Gasteiger charge is 2.76. The third-order valence-corrected chi connectivity index (χ3v) is 13.9. The molecule has 8 bridgehead atoms. The van der Waals surface area contributed by atoms with Gasteiger partial charge in [-0.05, 0) is 131 Å². The molecule has 0 radical (unpaired) electrons. The van der Waals surface area contributed by atoms with E-state index >= 15 is 0 Å². The van der Waals surface area contributed by atoms with Crippen LogP contribution in [0.3, 0.4) is 0 Å². The smallest absolute Gasteiger partial charge is 0.339 e. The van der Waals surface area contributed by atoms with Gasteiger partial charge < -0.3 is 4.74 Å². The highest BCUT2D eigenvalue weighted by atomic mass is 16.5. The molecule has 0 amide bonds. The van der Waals surface area contributed by atoms with Gasteiger partial charge in [0, 0.05) is 0 Å². The lowest BCUT2D eigenvalue weighted by atomic mass is 9.54. The van der Waals surface area contributed by atoms with Crippen molar-refractivity contribution in [3.8, 4) is 0 Å². The van der Waals surface area contributed by atoms with Crippen molar-refractivity contribution in [3.05, 3.63) is 60.2 Å². The van der Waals surface area contributed by atoms with E-state index in [1.807, 2.05) is 24.3 Å². The fourth-order valence-electron chi connectivity index (χ4n) is 13.5. The van der Waals surface area contributed by atoms with Crippen LogP contribution in [0.1, 0.15) is 43.0 Å². The quantitative estimate of drug-likeness (QED) is 0.269. The van der Waals surface area contributed by atoms with Crippen LogP contribution in [0.5, 0.6) is 0 Å². The van der Waals surface area contributed by atoms with Gasteiger partial charge >= 0.3 is 5.97 Å². The molecule has 8 aliphatic rings. The first-order valence-corrected chi connectivity index (χ1v) is 15.1. The minimum Gasteiger partial charge on any atom is -0.458 e. The summed E-state index contributed by atoms with van der Waals surface area (Å²) in [5, 5.41) is 2.15. The minimum atomic E-state index is -0.0923. The van der Waals surface area contributed by atoms with E-state index in [0.29, 0.717) is 11.8 Å². The van der Waals surface area contributed by atoms with Gasteiger partial charge in [0.05, 0.1) is 5.56 Å². The molecule has 0 aromatic heterocycles. The van der Waals surface area contributed by atoms with Gasteiger partial charge in [-0.25, -0.2) is 4.79 Å². The molecule has 16 unspecified atom stereocenters. The van der Waals surface area contributed by atoms with Crippen LogP contribution >= 0.6 is 0 Å². The highest BCUT2D eigenvalue weighted by molar-refractivity contribution is 6.04. The van der Waals surface area contributed by atoms with Crippen molar-refractivity contribution in [2.45, 2.75) is 38.7 Å². The lowest BCUT2D eigenvalue weighted by Crippen LogP contribution is -2.50. The average Bonchev–Trinajstić information content (AvgIpc) is 3.73. The standard InChI is InChI=1S/C34H36O2/c1-15-21-12-26(33(15)36-34(35)20-8-4-6-16-5-2-3-7-19(16)20)32-25-14-24(29(21)32)30-22-13-23(31(25)30)28-18-10-9-17(11-18)27(22)28/h2-10,15,17-18,21-33H,11-14H2,1H3. The molecule has 7 fully saturated rings. The van der Waals surface area contributed by atoms with Gasteiger partial charge in [-0.3, -0.25) is 0 Å². The Morgan fingerprint density at radius 2 is 1.25 bits per heavy atom. The van der Waals surface area contributed by atoms with E-state index in [1.54, 1.807) is 6.42 Å². The Hall–Kier alpha value is -2.09. The SMILES string of the molecule is CC1C2CC(C1OC(=O)c1cccc3ccccc13)C1C3CC(C21)C1C2CC(C4C5C=CC(C5)C24)C31. The Balaban J connectivity index is 0.961. The normalized spacial score (nSPS) is 55.5. The van der Waals surface area contributed by atoms with Crippen LogP contribution in [0.4, 0.5) is 0 Å². The summed E-state index contributed by atoms with van der Waals surface area (Å²) in [7, 11) is 0. The number of ether oxygens (including phenoxy) is 1. The van der Waals surface area contributed by atoms with Crippen LogP contribution < -0.4 is 0 Å². The van der Waals surface area contributed by atoms with Crippen LogP contribution in [0.25, 0.3) is 10.8 Å². The lowest BCUT2D eigenvalue weighted by molar-refractivity contribution is -0.0730. The van der Waals surface area contributed by atoms with Gasteiger partial charge in [0.2, 0.25) is 0 Å². The molecule has 16 atom stereocenters. The van der Waals surface area contributed by atoms with E-state index in [1.165, 1.54) is 19.3 Å². The van der Waals surface area contributed by atoms with E-state index in [2.05, 4.69) is 37.3 Å². The molecule has 7 saturated carbocycles. The topological polar surface area (TPSA) is 26.3 Å². The van der Waals surface area contributed by atoms with Crippen molar-refractivity contribution in [2.24, 2.45) is 88.8 Å². The zero-order chi connectivity index (χ0) is 23.4.